The zero-order chi connectivity index (χ0) is 19.2. The number of amides is 1. The maximum atomic E-state index is 12.3. The molecule has 0 saturated carbocycles. The number of nitrogens with one attached hydrogen (secondary N) is 1. The summed E-state index contributed by atoms with van der Waals surface area (Å²) in [6.45, 7) is 0. The molecule has 0 unspecified atom stereocenters. The summed E-state index contributed by atoms with van der Waals surface area (Å²) in [4.78, 5) is 16.7. The summed E-state index contributed by atoms with van der Waals surface area (Å²) in [6, 6.07) is 12.7. The van der Waals surface area contributed by atoms with Crippen molar-refractivity contribution in [3.8, 4) is 17.2 Å². The van der Waals surface area contributed by atoms with Gasteiger partial charge in [0.2, 0.25) is 5.91 Å². The number of anilines is 1. The molecule has 6 nitrogen and oxygen atoms in total. The van der Waals surface area contributed by atoms with Crippen molar-refractivity contribution in [1.82, 2.24) is 9.55 Å². The summed E-state index contributed by atoms with van der Waals surface area (Å²) in [5, 5.41) is 4.04. The van der Waals surface area contributed by atoms with E-state index in [1.165, 1.54) is 11.8 Å². The Balaban J connectivity index is 1.68. The average Bonchev–Trinajstić information content (AvgIpc) is 3.15. The Morgan fingerprint density at radius 3 is 2.85 bits per heavy atom. The van der Waals surface area contributed by atoms with Crippen molar-refractivity contribution in [2.75, 3.05) is 25.3 Å². The molecule has 0 spiro atoms. The Labute approximate surface area is 166 Å². The lowest BCUT2D eigenvalue weighted by molar-refractivity contribution is -0.113. The second-order valence-electron chi connectivity index (χ2n) is 5.46. The van der Waals surface area contributed by atoms with Crippen LogP contribution in [0.25, 0.3) is 5.69 Å². The lowest BCUT2D eigenvalue weighted by Gasteiger charge is -2.11. The van der Waals surface area contributed by atoms with E-state index < -0.39 is 0 Å². The van der Waals surface area contributed by atoms with E-state index in [9.17, 15) is 4.79 Å². The van der Waals surface area contributed by atoms with Crippen LogP contribution < -0.4 is 14.8 Å². The highest BCUT2D eigenvalue weighted by molar-refractivity contribution is 7.99. The fourth-order valence-corrected chi connectivity index (χ4v) is 3.39. The number of nitrogens with zero attached hydrogens (tertiary/aromatic N) is 2. The van der Waals surface area contributed by atoms with E-state index in [2.05, 4.69) is 10.3 Å². The monoisotopic (exact) mass is 403 g/mol. The lowest BCUT2D eigenvalue weighted by atomic mass is 10.3. The van der Waals surface area contributed by atoms with E-state index in [1.807, 2.05) is 35.0 Å². The van der Waals surface area contributed by atoms with Crippen molar-refractivity contribution in [3.05, 3.63) is 59.9 Å². The molecule has 0 aliphatic carbocycles. The normalized spacial score (nSPS) is 10.5. The minimum atomic E-state index is -0.180. The molecule has 1 heterocycles. The van der Waals surface area contributed by atoms with Gasteiger partial charge in [-0.15, -0.1) is 0 Å². The van der Waals surface area contributed by atoms with Crippen molar-refractivity contribution >= 4 is 35.0 Å². The number of imidazole rings is 1. The fourth-order valence-electron chi connectivity index (χ4n) is 2.45. The number of hydrogen-bond acceptors (Lipinski definition) is 5. The maximum Gasteiger partial charge on any atom is 0.234 e. The third kappa shape index (κ3) is 4.75. The first-order valence-corrected chi connectivity index (χ1v) is 9.41. The average molecular weight is 404 g/mol. The summed E-state index contributed by atoms with van der Waals surface area (Å²) in [5.41, 5.74) is 1.44. The molecular weight excluding hydrogens is 386 g/mol. The van der Waals surface area contributed by atoms with Crippen LogP contribution in [0.4, 0.5) is 5.69 Å². The molecule has 0 fully saturated rings. The van der Waals surface area contributed by atoms with Gasteiger partial charge in [-0.25, -0.2) is 4.98 Å². The molecule has 1 N–H and O–H groups in total. The third-order valence-electron chi connectivity index (χ3n) is 3.71. The molecule has 0 saturated heterocycles. The maximum absolute atomic E-state index is 12.3. The number of rotatable bonds is 7. The fraction of sp³-hybridized carbons (Fsp3) is 0.158. The van der Waals surface area contributed by atoms with Gasteiger partial charge in [-0.3, -0.25) is 9.36 Å². The Morgan fingerprint density at radius 2 is 2.07 bits per heavy atom. The molecule has 2 aromatic carbocycles. The topological polar surface area (TPSA) is 65.4 Å². The SMILES string of the molecule is COc1cccc(-n2ccnc2SCC(=O)Nc2cc(Cl)ccc2OC)c1. The van der Waals surface area contributed by atoms with Gasteiger partial charge >= 0.3 is 0 Å². The molecule has 0 bridgehead atoms. The molecule has 1 aromatic heterocycles. The van der Waals surface area contributed by atoms with Crippen molar-refractivity contribution < 1.29 is 14.3 Å². The van der Waals surface area contributed by atoms with Crippen molar-refractivity contribution in [2.24, 2.45) is 0 Å². The van der Waals surface area contributed by atoms with Crippen LogP contribution in [-0.2, 0) is 4.79 Å². The predicted molar refractivity (Wildman–Crippen MR) is 107 cm³/mol. The van der Waals surface area contributed by atoms with Gasteiger partial charge in [0.25, 0.3) is 0 Å². The van der Waals surface area contributed by atoms with Gasteiger partial charge < -0.3 is 14.8 Å². The Hall–Kier alpha value is -2.64. The lowest BCUT2D eigenvalue weighted by Crippen LogP contribution is -2.15. The first kappa shape index (κ1) is 19.1. The number of methoxy groups -OCH3 is 2. The smallest absolute Gasteiger partial charge is 0.234 e. The van der Waals surface area contributed by atoms with Gasteiger partial charge in [0.1, 0.15) is 11.5 Å². The van der Waals surface area contributed by atoms with Crippen LogP contribution in [0.5, 0.6) is 11.5 Å². The number of hydrogen-bond donors (Lipinski definition) is 1. The van der Waals surface area contributed by atoms with Crippen LogP contribution >= 0.6 is 23.4 Å². The molecule has 0 aliphatic rings. The summed E-state index contributed by atoms with van der Waals surface area (Å²) in [6.07, 6.45) is 3.54. The van der Waals surface area contributed by atoms with Crippen LogP contribution in [-0.4, -0.2) is 35.4 Å². The number of carbonyl (C=O) groups excluding carboxylic acids is 1. The van der Waals surface area contributed by atoms with Crippen LogP contribution in [0.1, 0.15) is 0 Å². The van der Waals surface area contributed by atoms with Gasteiger partial charge in [0, 0.05) is 23.5 Å². The highest BCUT2D eigenvalue weighted by Crippen LogP contribution is 2.28. The molecule has 1 amide bonds. The second-order valence-corrected chi connectivity index (χ2v) is 6.84. The van der Waals surface area contributed by atoms with Crippen LogP contribution in [0.3, 0.4) is 0 Å². The van der Waals surface area contributed by atoms with Crippen LogP contribution in [0.15, 0.2) is 60.0 Å². The summed E-state index contributed by atoms with van der Waals surface area (Å²) in [7, 11) is 3.16. The molecule has 3 rings (SSSR count). The molecule has 8 heteroatoms. The Kier molecular flexibility index (Phi) is 6.26. The van der Waals surface area contributed by atoms with Crippen LogP contribution in [0, 0.1) is 0 Å². The van der Waals surface area contributed by atoms with Crippen molar-refractivity contribution in [1.29, 1.82) is 0 Å². The highest BCUT2D eigenvalue weighted by atomic mass is 35.5. The second kappa shape index (κ2) is 8.83. The minimum absolute atomic E-state index is 0.180. The zero-order valence-corrected chi connectivity index (χ0v) is 16.4. The third-order valence-corrected chi connectivity index (χ3v) is 4.91. The van der Waals surface area contributed by atoms with Gasteiger partial charge in [0.15, 0.2) is 5.16 Å². The summed E-state index contributed by atoms with van der Waals surface area (Å²) < 4.78 is 12.4. The Morgan fingerprint density at radius 1 is 1.22 bits per heavy atom. The van der Waals surface area contributed by atoms with Crippen LogP contribution in [0.2, 0.25) is 5.02 Å². The van der Waals surface area contributed by atoms with E-state index in [-0.39, 0.29) is 11.7 Å². The quantitative estimate of drug-likeness (QED) is 0.596. The van der Waals surface area contributed by atoms with E-state index >= 15 is 0 Å². The van der Waals surface area contributed by atoms with Gasteiger partial charge in [-0.05, 0) is 30.3 Å². The molecule has 3 aromatic rings. The molecule has 27 heavy (non-hydrogen) atoms. The summed E-state index contributed by atoms with van der Waals surface area (Å²) in [5.74, 6) is 1.32. The van der Waals surface area contributed by atoms with E-state index in [1.54, 1.807) is 38.6 Å². The number of benzene rings is 2. The van der Waals surface area contributed by atoms with E-state index in [0.717, 1.165) is 11.4 Å². The van der Waals surface area contributed by atoms with Gasteiger partial charge in [0.05, 0.1) is 31.3 Å². The first-order valence-electron chi connectivity index (χ1n) is 8.04. The molecule has 0 atom stereocenters. The van der Waals surface area contributed by atoms with Gasteiger partial charge in [-0.2, -0.15) is 0 Å². The minimum Gasteiger partial charge on any atom is -0.497 e. The van der Waals surface area contributed by atoms with Crippen molar-refractivity contribution in [3.63, 3.8) is 0 Å². The number of thioether (sulfide) groups is 1. The molecule has 0 radical (unpaired) electrons. The van der Waals surface area contributed by atoms with E-state index in [4.69, 9.17) is 21.1 Å². The molecule has 140 valence electrons. The Bertz CT molecular complexity index is 945. The number of halogens is 1. The first-order chi connectivity index (χ1) is 13.1. The number of ether oxygens (including phenoxy) is 2. The molecule has 0 aliphatic heterocycles. The summed E-state index contributed by atoms with van der Waals surface area (Å²) >= 11 is 7.33. The highest BCUT2D eigenvalue weighted by Gasteiger charge is 2.12. The van der Waals surface area contributed by atoms with E-state index in [0.29, 0.717) is 21.6 Å². The number of carbonyl (C=O) groups is 1. The predicted octanol–water partition coefficient (Wildman–Crippen LogP) is 4.27. The number of aromatic nitrogens is 2. The van der Waals surface area contributed by atoms with Crippen molar-refractivity contribution in [2.45, 2.75) is 5.16 Å². The standard InChI is InChI=1S/C19H18ClN3O3S/c1-25-15-5-3-4-14(11-15)23-9-8-21-19(23)27-12-18(24)22-16-10-13(20)6-7-17(16)26-2/h3-11H,12H2,1-2H3,(H,22,24). The zero-order valence-electron chi connectivity index (χ0n) is 14.8. The molecular formula is C19H18ClN3O3S. The van der Waals surface area contributed by atoms with Gasteiger partial charge in [-0.1, -0.05) is 29.4 Å². The largest absolute Gasteiger partial charge is 0.497 e.